The molecule has 4 unspecified atom stereocenters. The molecule has 1 aromatic heterocycles. The maximum absolute atomic E-state index is 15.0. The van der Waals surface area contributed by atoms with Gasteiger partial charge in [0.15, 0.2) is 0 Å². The number of halogens is 1. The van der Waals surface area contributed by atoms with Crippen LogP contribution in [0.1, 0.15) is 62.5 Å². The van der Waals surface area contributed by atoms with Gasteiger partial charge >= 0.3 is 5.97 Å². The standard InChI is InChI=1S/C32H36FNO5/c1-18-28(30(35)36)32(18)12-11-20-8-9-21(14-25(20)32)39-17-19-7-10-22(23-15-27(37-5)34-16-26(23)33)24(13-19)29(38-6)31(2,3)4/h7-10,13-16,18,28-29H,11-12,17H2,1-6H3,(H,35,36). The fourth-order valence-corrected chi connectivity index (χ4v) is 6.65. The maximum Gasteiger partial charge on any atom is 0.307 e. The Hall–Kier alpha value is -3.45. The summed E-state index contributed by atoms with van der Waals surface area (Å²) in [6, 6.07) is 13.5. The Morgan fingerprint density at radius 2 is 1.92 bits per heavy atom. The van der Waals surface area contributed by atoms with Crippen LogP contribution < -0.4 is 9.47 Å². The topological polar surface area (TPSA) is 77.9 Å². The van der Waals surface area contributed by atoms with Crippen molar-refractivity contribution in [1.82, 2.24) is 4.98 Å². The van der Waals surface area contributed by atoms with Crippen LogP contribution in [-0.2, 0) is 28.0 Å². The first-order valence-electron chi connectivity index (χ1n) is 13.4. The first-order chi connectivity index (χ1) is 18.5. The maximum atomic E-state index is 15.0. The lowest BCUT2D eigenvalue weighted by atomic mass is 9.81. The number of aryl methyl sites for hydroxylation is 1. The van der Waals surface area contributed by atoms with Crippen LogP contribution >= 0.6 is 0 Å². The lowest BCUT2D eigenvalue weighted by Gasteiger charge is -2.32. The van der Waals surface area contributed by atoms with Gasteiger partial charge < -0.3 is 19.3 Å². The second-order valence-electron chi connectivity index (χ2n) is 11.9. The number of aromatic nitrogens is 1. The molecule has 39 heavy (non-hydrogen) atoms. The number of nitrogens with zero attached hydrogens (tertiary/aromatic N) is 1. The van der Waals surface area contributed by atoms with Crippen molar-refractivity contribution >= 4 is 5.97 Å². The first kappa shape index (κ1) is 27.1. The summed E-state index contributed by atoms with van der Waals surface area (Å²) in [6.45, 7) is 8.59. The third-order valence-electron chi connectivity index (χ3n) is 8.57. The van der Waals surface area contributed by atoms with Crippen molar-refractivity contribution in [2.75, 3.05) is 14.2 Å². The highest BCUT2D eigenvalue weighted by molar-refractivity contribution is 5.79. The van der Waals surface area contributed by atoms with Crippen LogP contribution in [0.15, 0.2) is 48.7 Å². The van der Waals surface area contributed by atoms with Gasteiger partial charge in [0.2, 0.25) is 5.88 Å². The fraction of sp³-hybridized carbons (Fsp3) is 0.438. The number of aliphatic carboxylic acids is 1. The number of carboxylic acid groups (broad SMARTS) is 1. The molecule has 0 aliphatic heterocycles. The highest BCUT2D eigenvalue weighted by Gasteiger charge is 2.68. The quantitative estimate of drug-likeness (QED) is 0.345. The zero-order valence-corrected chi connectivity index (χ0v) is 23.4. The minimum Gasteiger partial charge on any atom is -0.489 e. The summed E-state index contributed by atoms with van der Waals surface area (Å²) in [5.74, 6) is -0.321. The van der Waals surface area contributed by atoms with E-state index in [4.69, 9.17) is 14.2 Å². The molecule has 0 bridgehead atoms. The predicted octanol–water partition coefficient (Wildman–Crippen LogP) is 6.74. The molecule has 1 spiro atoms. The largest absolute Gasteiger partial charge is 0.489 e. The minimum absolute atomic E-state index is 0.122. The van der Waals surface area contributed by atoms with Crippen LogP contribution in [0.5, 0.6) is 11.6 Å². The van der Waals surface area contributed by atoms with Crippen LogP contribution in [0.25, 0.3) is 11.1 Å². The van der Waals surface area contributed by atoms with Crippen LogP contribution in [0.2, 0.25) is 0 Å². The molecule has 7 heteroatoms. The average molecular weight is 534 g/mol. The molecular weight excluding hydrogens is 497 g/mol. The normalized spacial score (nSPS) is 22.4. The summed E-state index contributed by atoms with van der Waals surface area (Å²) < 4.78 is 32.4. The molecular formula is C32H36FNO5. The van der Waals surface area contributed by atoms with Gasteiger partial charge in [0.1, 0.15) is 18.2 Å². The summed E-state index contributed by atoms with van der Waals surface area (Å²) in [4.78, 5) is 15.8. The van der Waals surface area contributed by atoms with Gasteiger partial charge in [-0.05, 0) is 70.2 Å². The number of hydrogen-bond donors (Lipinski definition) is 1. The zero-order valence-electron chi connectivity index (χ0n) is 23.4. The van der Waals surface area contributed by atoms with Crippen LogP contribution in [0.3, 0.4) is 0 Å². The van der Waals surface area contributed by atoms with Crippen LogP contribution in [-0.4, -0.2) is 30.3 Å². The predicted molar refractivity (Wildman–Crippen MR) is 146 cm³/mol. The van der Waals surface area contributed by atoms with Crippen molar-refractivity contribution < 1.29 is 28.5 Å². The molecule has 1 N–H and O–H groups in total. The molecule has 4 atom stereocenters. The SMILES string of the molecule is COc1cc(-c2ccc(COc3ccc4c(c3)C3(CC4)C(C)C3C(=O)O)cc2C(OC)C(C)(C)C)c(F)cn1. The lowest BCUT2D eigenvalue weighted by Crippen LogP contribution is -2.21. The minimum atomic E-state index is -0.718. The number of methoxy groups -OCH3 is 2. The number of rotatable bonds is 8. The third kappa shape index (κ3) is 4.67. The van der Waals surface area contributed by atoms with Gasteiger partial charge in [0.25, 0.3) is 0 Å². The van der Waals surface area contributed by atoms with Gasteiger partial charge in [-0.15, -0.1) is 0 Å². The molecule has 0 radical (unpaired) electrons. The summed E-state index contributed by atoms with van der Waals surface area (Å²) in [5, 5.41) is 9.72. The van der Waals surface area contributed by atoms with E-state index in [1.54, 1.807) is 13.2 Å². The van der Waals surface area contributed by atoms with Crippen molar-refractivity contribution in [2.24, 2.45) is 17.3 Å². The van der Waals surface area contributed by atoms with Gasteiger partial charge in [-0.2, -0.15) is 0 Å². The Balaban J connectivity index is 1.46. The number of benzene rings is 2. The van der Waals surface area contributed by atoms with Gasteiger partial charge in [0, 0.05) is 24.2 Å². The monoisotopic (exact) mass is 533 g/mol. The third-order valence-corrected chi connectivity index (χ3v) is 8.57. The first-order valence-corrected chi connectivity index (χ1v) is 13.4. The van der Waals surface area contributed by atoms with E-state index in [-0.39, 0.29) is 28.8 Å². The number of pyridine rings is 1. The van der Waals surface area contributed by atoms with E-state index >= 15 is 0 Å². The van der Waals surface area contributed by atoms with Crippen molar-refractivity contribution in [3.05, 3.63) is 76.7 Å². The molecule has 6 nitrogen and oxygen atoms in total. The smallest absolute Gasteiger partial charge is 0.307 e. The van der Waals surface area contributed by atoms with E-state index in [1.807, 2.05) is 37.3 Å². The summed E-state index contributed by atoms with van der Waals surface area (Å²) in [6.07, 6.45) is 2.63. The second-order valence-corrected chi connectivity index (χ2v) is 11.9. The Morgan fingerprint density at radius 3 is 2.56 bits per heavy atom. The highest BCUT2D eigenvalue weighted by atomic mass is 19.1. The zero-order chi connectivity index (χ0) is 28.1. The lowest BCUT2D eigenvalue weighted by molar-refractivity contribution is -0.139. The second kappa shape index (κ2) is 9.94. The Morgan fingerprint density at radius 1 is 1.15 bits per heavy atom. The molecule has 5 rings (SSSR count). The highest BCUT2D eigenvalue weighted by Crippen LogP contribution is 2.66. The Kier molecular flexibility index (Phi) is 6.91. The van der Waals surface area contributed by atoms with E-state index in [0.717, 1.165) is 29.5 Å². The molecule has 2 aromatic carbocycles. The van der Waals surface area contributed by atoms with Gasteiger partial charge in [-0.25, -0.2) is 9.37 Å². The summed E-state index contributed by atoms with van der Waals surface area (Å²) in [7, 11) is 3.17. The van der Waals surface area contributed by atoms with Gasteiger partial charge in [-0.1, -0.05) is 45.9 Å². The molecule has 2 aliphatic rings. The Labute approximate surface area is 229 Å². The average Bonchev–Trinajstić information content (AvgIpc) is 3.32. The molecule has 3 aromatic rings. The number of fused-ring (bicyclic) bond motifs is 2. The van der Waals surface area contributed by atoms with E-state index < -0.39 is 11.8 Å². The van der Waals surface area contributed by atoms with E-state index in [1.165, 1.54) is 18.9 Å². The summed E-state index contributed by atoms with van der Waals surface area (Å²) >= 11 is 0. The molecule has 1 fully saturated rings. The van der Waals surface area contributed by atoms with Crippen molar-refractivity contribution in [1.29, 1.82) is 0 Å². The van der Waals surface area contributed by atoms with Gasteiger partial charge in [-0.3, -0.25) is 4.79 Å². The number of hydrogen-bond acceptors (Lipinski definition) is 5. The summed E-state index contributed by atoms with van der Waals surface area (Å²) in [5.41, 5.74) is 4.67. The fourth-order valence-electron chi connectivity index (χ4n) is 6.65. The molecule has 1 heterocycles. The number of ether oxygens (including phenoxy) is 3. The number of carboxylic acids is 1. The van der Waals surface area contributed by atoms with Crippen molar-refractivity contribution in [3.8, 4) is 22.8 Å². The van der Waals surface area contributed by atoms with Crippen LogP contribution in [0.4, 0.5) is 4.39 Å². The Bertz CT molecular complexity index is 1410. The molecule has 2 aliphatic carbocycles. The van der Waals surface area contributed by atoms with Crippen molar-refractivity contribution in [2.45, 2.75) is 58.7 Å². The molecule has 0 saturated heterocycles. The number of carbonyl (C=O) groups is 1. The molecule has 0 amide bonds. The van der Waals surface area contributed by atoms with Gasteiger partial charge in [0.05, 0.1) is 25.3 Å². The molecule has 1 saturated carbocycles. The van der Waals surface area contributed by atoms with Crippen LogP contribution in [0, 0.1) is 23.1 Å². The van der Waals surface area contributed by atoms with Crippen molar-refractivity contribution in [3.63, 3.8) is 0 Å². The van der Waals surface area contributed by atoms with E-state index in [9.17, 15) is 14.3 Å². The van der Waals surface area contributed by atoms with E-state index in [0.29, 0.717) is 29.4 Å². The van der Waals surface area contributed by atoms with E-state index in [2.05, 4.69) is 31.8 Å². The molecule has 206 valence electrons.